The van der Waals surface area contributed by atoms with Gasteiger partial charge in [0.05, 0.1) is 16.6 Å². The lowest BCUT2D eigenvalue weighted by Gasteiger charge is -2.29. The third-order valence-corrected chi connectivity index (χ3v) is 7.11. The summed E-state index contributed by atoms with van der Waals surface area (Å²) >= 11 is 0. The largest absolute Gasteiger partial charge is 0.322 e. The predicted octanol–water partition coefficient (Wildman–Crippen LogP) is 3.24. The molecule has 0 radical (unpaired) electrons. The average molecular weight is 398 g/mol. The fraction of sp³-hybridized carbons (Fsp3) is 0.300. The van der Waals surface area contributed by atoms with Gasteiger partial charge in [0.25, 0.3) is 5.91 Å². The Balaban J connectivity index is 1.48. The van der Waals surface area contributed by atoms with Crippen molar-refractivity contribution in [1.29, 1.82) is 0 Å². The summed E-state index contributed by atoms with van der Waals surface area (Å²) in [5.74, 6) is 0.261. The Bertz CT molecular complexity index is 1100. The summed E-state index contributed by atoms with van der Waals surface area (Å²) in [4.78, 5) is 12.7. The fourth-order valence-electron chi connectivity index (χ4n) is 3.38. The second-order valence-corrected chi connectivity index (χ2v) is 9.18. The van der Waals surface area contributed by atoms with Crippen LogP contribution in [0.15, 0.2) is 53.6 Å². The van der Waals surface area contributed by atoms with E-state index in [0.29, 0.717) is 30.3 Å². The number of hydrogen-bond donors (Lipinski definition) is 2. The molecule has 8 heteroatoms. The minimum absolute atomic E-state index is 0.221. The van der Waals surface area contributed by atoms with Crippen LogP contribution in [0.25, 0.3) is 10.9 Å². The second-order valence-electron chi connectivity index (χ2n) is 7.24. The summed E-state index contributed by atoms with van der Waals surface area (Å²) in [6, 6.07) is 11.5. The fourth-order valence-corrected chi connectivity index (χ4v) is 4.85. The zero-order chi connectivity index (χ0) is 19.7. The molecule has 0 unspecified atom stereocenters. The number of nitrogens with one attached hydrogen (secondary N) is 2. The minimum Gasteiger partial charge on any atom is -0.322 e. The van der Waals surface area contributed by atoms with Gasteiger partial charge < -0.3 is 5.32 Å². The normalized spacial score (nSPS) is 16.3. The van der Waals surface area contributed by atoms with E-state index in [1.165, 1.54) is 16.4 Å². The molecule has 146 valence electrons. The first-order valence-electron chi connectivity index (χ1n) is 9.28. The Morgan fingerprint density at radius 3 is 2.57 bits per heavy atom. The van der Waals surface area contributed by atoms with Crippen molar-refractivity contribution in [3.05, 3.63) is 54.2 Å². The van der Waals surface area contributed by atoms with Gasteiger partial charge in [-0.3, -0.25) is 9.89 Å². The Morgan fingerprint density at radius 2 is 1.86 bits per heavy atom. The van der Waals surface area contributed by atoms with Gasteiger partial charge in [-0.2, -0.15) is 9.40 Å². The molecule has 0 spiro atoms. The van der Waals surface area contributed by atoms with Crippen LogP contribution >= 0.6 is 0 Å². The molecule has 28 heavy (non-hydrogen) atoms. The first-order chi connectivity index (χ1) is 13.4. The van der Waals surface area contributed by atoms with Crippen molar-refractivity contribution in [1.82, 2.24) is 14.5 Å². The Labute approximate surface area is 163 Å². The van der Waals surface area contributed by atoms with E-state index in [-0.39, 0.29) is 10.8 Å². The van der Waals surface area contributed by atoms with E-state index >= 15 is 0 Å². The number of anilines is 1. The maximum Gasteiger partial charge on any atom is 0.255 e. The lowest BCUT2D eigenvalue weighted by Crippen LogP contribution is -2.37. The van der Waals surface area contributed by atoms with Crippen molar-refractivity contribution in [3.63, 3.8) is 0 Å². The molecule has 1 aliphatic rings. The van der Waals surface area contributed by atoms with Crippen molar-refractivity contribution in [2.75, 3.05) is 18.4 Å². The van der Waals surface area contributed by atoms with Crippen molar-refractivity contribution in [2.24, 2.45) is 5.92 Å². The molecule has 0 bridgehead atoms. The van der Waals surface area contributed by atoms with Crippen LogP contribution < -0.4 is 5.32 Å². The highest BCUT2D eigenvalue weighted by Gasteiger charge is 2.28. The van der Waals surface area contributed by atoms with Crippen LogP contribution in [0.5, 0.6) is 0 Å². The van der Waals surface area contributed by atoms with Crippen LogP contribution in [-0.2, 0) is 10.0 Å². The van der Waals surface area contributed by atoms with Crippen molar-refractivity contribution in [2.45, 2.75) is 24.7 Å². The number of nitrogens with zero attached hydrogens (tertiary/aromatic N) is 2. The monoisotopic (exact) mass is 398 g/mol. The summed E-state index contributed by atoms with van der Waals surface area (Å²) in [5.41, 5.74) is 1.94. The molecular formula is C20H22N4O3S. The van der Waals surface area contributed by atoms with Gasteiger partial charge in [-0.15, -0.1) is 0 Å². The van der Waals surface area contributed by atoms with Gasteiger partial charge in [0.2, 0.25) is 10.0 Å². The second kappa shape index (κ2) is 7.37. The summed E-state index contributed by atoms with van der Waals surface area (Å²) in [6.07, 6.45) is 3.44. The average Bonchev–Trinajstić information content (AvgIpc) is 3.16. The molecule has 0 saturated carbocycles. The molecule has 1 aliphatic heterocycles. The number of benzene rings is 2. The number of rotatable bonds is 4. The van der Waals surface area contributed by atoms with Gasteiger partial charge in [0, 0.05) is 29.7 Å². The highest BCUT2D eigenvalue weighted by atomic mass is 32.2. The number of amides is 1. The quantitative estimate of drug-likeness (QED) is 0.705. The first kappa shape index (κ1) is 18.6. The molecule has 0 atom stereocenters. The van der Waals surface area contributed by atoms with Gasteiger partial charge in [0.15, 0.2) is 0 Å². The van der Waals surface area contributed by atoms with E-state index in [2.05, 4.69) is 22.4 Å². The van der Waals surface area contributed by atoms with Gasteiger partial charge in [0.1, 0.15) is 0 Å². The number of aromatic amines is 1. The van der Waals surface area contributed by atoms with E-state index < -0.39 is 10.0 Å². The van der Waals surface area contributed by atoms with Crippen molar-refractivity contribution in [3.8, 4) is 0 Å². The Hall–Kier alpha value is -2.71. The number of carbonyl (C=O) groups excluding carboxylic acids is 1. The zero-order valence-electron chi connectivity index (χ0n) is 15.6. The number of fused-ring (bicyclic) bond motifs is 1. The number of hydrogen-bond acceptors (Lipinski definition) is 4. The molecule has 1 amide bonds. The molecule has 1 fully saturated rings. The number of aromatic nitrogens is 2. The van der Waals surface area contributed by atoms with E-state index in [4.69, 9.17) is 0 Å². The molecular weight excluding hydrogens is 376 g/mol. The number of sulfonamides is 1. The highest BCUT2D eigenvalue weighted by Crippen LogP contribution is 2.24. The Morgan fingerprint density at radius 1 is 1.14 bits per heavy atom. The maximum absolute atomic E-state index is 12.8. The van der Waals surface area contributed by atoms with Gasteiger partial charge in [-0.1, -0.05) is 6.92 Å². The van der Waals surface area contributed by atoms with E-state index in [1.807, 2.05) is 12.1 Å². The topological polar surface area (TPSA) is 95.2 Å². The molecule has 1 saturated heterocycles. The van der Waals surface area contributed by atoms with Crippen LogP contribution in [0.3, 0.4) is 0 Å². The van der Waals surface area contributed by atoms with Crippen LogP contribution in [0.4, 0.5) is 5.69 Å². The maximum atomic E-state index is 12.8. The molecule has 2 aromatic carbocycles. The van der Waals surface area contributed by atoms with Crippen LogP contribution in [0.2, 0.25) is 0 Å². The Kier molecular flexibility index (Phi) is 4.91. The van der Waals surface area contributed by atoms with Crippen LogP contribution in [0, 0.1) is 5.92 Å². The van der Waals surface area contributed by atoms with Gasteiger partial charge in [-0.25, -0.2) is 8.42 Å². The molecule has 0 aliphatic carbocycles. The molecule has 2 N–H and O–H groups in total. The lowest BCUT2D eigenvalue weighted by molar-refractivity contribution is 0.102. The number of carbonyl (C=O) groups is 1. The van der Waals surface area contributed by atoms with E-state index in [1.54, 1.807) is 24.4 Å². The summed E-state index contributed by atoms with van der Waals surface area (Å²) in [6.45, 7) is 3.23. The smallest absolute Gasteiger partial charge is 0.255 e. The summed E-state index contributed by atoms with van der Waals surface area (Å²) < 4.78 is 27.1. The molecule has 3 aromatic rings. The number of H-pyrrole nitrogens is 1. The third-order valence-electron chi connectivity index (χ3n) is 5.19. The van der Waals surface area contributed by atoms with Gasteiger partial charge >= 0.3 is 0 Å². The summed E-state index contributed by atoms with van der Waals surface area (Å²) in [5, 5.41) is 10.5. The zero-order valence-corrected chi connectivity index (χ0v) is 16.4. The van der Waals surface area contributed by atoms with Gasteiger partial charge in [-0.05, 0) is 61.2 Å². The van der Waals surface area contributed by atoms with Crippen molar-refractivity contribution < 1.29 is 13.2 Å². The minimum atomic E-state index is -3.51. The van der Waals surface area contributed by atoms with Crippen LogP contribution in [0.1, 0.15) is 30.1 Å². The van der Waals surface area contributed by atoms with Crippen molar-refractivity contribution >= 4 is 32.5 Å². The summed E-state index contributed by atoms with van der Waals surface area (Å²) in [7, 11) is -3.51. The molecule has 4 rings (SSSR count). The first-order valence-corrected chi connectivity index (χ1v) is 10.7. The van der Waals surface area contributed by atoms with E-state index in [0.717, 1.165) is 23.7 Å². The highest BCUT2D eigenvalue weighted by molar-refractivity contribution is 7.89. The lowest BCUT2D eigenvalue weighted by atomic mass is 10.0. The molecule has 2 heterocycles. The predicted molar refractivity (Wildman–Crippen MR) is 108 cm³/mol. The van der Waals surface area contributed by atoms with E-state index in [9.17, 15) is 13.2 Å². The standard InChI is InChI=1S/C20H22N4O3S/c1-14-8-10-24(11-9-14)28(26,27)18-5-2-15(3-6-18)20(25)22-17-4-7-19-16(12-17)13-21-23-19/h2-7,12-14H,8-11H2,1H3,(H,21,23)(H,22,25). The SMILES string of the molecule is CC1CCN(S(=O)(=O)c2ccc(C(=O)Nc3ccc4[nH]ncc4c3)cc2)CC1. The third kappa shape index (κ3) is 3.65. The molecule has 7 nitrogen and oxygen atoms in total. The molecule has 1 aromatic heterocycles. The number of piperidine rings is 1. The van der Waals surface area contributed by atoms with Crippen LogP contribution in [-0.4, -0.2) is 41.9 Å².